The van der Waals surface area contributed by atoms with Gasteiger partial charge in [-0.05, 0) is 24.6 Å². The largest absolute Gasteiger partial charge is 0.477 e. The number of carbonyl (C=O) groups excluding carboxylic acids is 2. The van der Waals surface area contributed by atoms with Gasteiger partial charge < -0.3 is 19.7 Å². The van der Waals surface area contributed by atoms with Crippen molar-refractivity contribution in [2.75, 3.05) is 12.9 Å². The average Bonchev–Trinajstić information content (AvgIpc) is 3.10. The van der Waals surface area contributed by atoms with Crippen LogP contribution in [0.5, 0.6) is 0 Å². The number of nitrogens with one attached hydrogen (secondary N) is 1. The van der Waals surface area contributed by atoms with E-state index in [-0.39, 0.29) is 17.2 Å². The number of amides is 2. The molecule has 0 aromatic carbocycles. The van der Waals surface area contributed by atoms with E-state index in [1.165, 1.54) is 36.1 Å². The Morgan fingerprint density at radius 1 is 1.52 bits per heavy atom. The van der Waals surface area contributed by atoms with Crippen molar-refractivity contribution in [3.63, 3.8) is 0 Å². The molecule has 132 valence electrons. The summed E-state index contributed by atoms with van der Waals surface area (Å²) in [4.78, 5) is 42.1. The van der Waals surface area contributed by atoms with E-state index in [0.717, 1.165) is 0 Å². The molecule has 1 fully saturated rings. The normalized spacial score (nSPS) is 23.0. The zero-order chi connectivity index (χ0) is 18.1. The topological polar surface area (TPSA) is 121 Å². The first kappa shape index (κ1) is 17.1. The van der Waals surface area contributed by atoms with Gasteiger partial charge in [0.2, 0.25) is 5.71 Å². The number of carboxylic acid groups (broad SMARTS) is 1. The van der Waals surface area contributed by atoms with Gasteiger partial charge in [-0.15, -0.1) is 11.8 Å². The number of nitrogens with zero attached hydrogens (tertiary/aromatic N) is 2. The number of hydrogen-bond acceptors (Lipinski definition) is 7. The molecule has 0 aliphatic carbocycles. The Balaban J connectivity index is 1.77. The first-order valence-corrected chi connectivity index (χ1v) is 8.34. The van der Waals surface area contributed by atoms with E-state index in [4.69, 9.17) is 4.42 Å². The lowest BCUT2D eigenvalue weighted by atomic mass is 10.0. The first-order chi connectivity index (χ1) is 12.0. The minimum Gasteiger partial charge on any atom is -0.477 e. The minimum atomic E-state index is -1.15. The first-order valence-electron chi connectivity index (χ1n) is 7.29. The van der Waals surface area contributed by atoms with Gasteiger partial charge in [-0.25, -0.2) is 4.79 Å². The number of oxime groups is 1. The SMILES string of the molecule is CO/N=C(/C(=O)N[C@@H]1C(=O)N2C(C(=O)O)=C(C)CS[C@H]12)c1ccco1. The number of hydrogen-bond donors (Lipinski definition) is 2. The molecule has 1 saturated heterocycles. The van der Waals surface area contributed by atoms with E-state index in [1.54, 1.807) is 13.0 Å². The van der Waals surface area contributed by atoms with E-state index >= 15 is 0 Å². The highest BCUT2D eigenvalue weighted by molar-refractivity contribution is 8.00. The quantitative estimate of drug-likeness (QED) is 0.440. The van der Waals surface area contributed by atoms with Gasteiger partial charge in [0.25, 0.3) is 11.8 Å². The third kappa shape index (κ3) is 2.88. The number of rotatable bonds is 5. The summed E-state index contributed by atoms with van der Waals surface area (Å²) in [6.45, 7) is 1.67. The molecule has 2 aliphatic rings. The van der Waals surface area contributed by atoms with Crippen LogP contribution in [0.2, 0.25) is 0 Å². The Kier molecular flexibility index (Phi) is 4.53. The molecule has 3 rings (SSSR count). The van der Waals surface area contributed by atoms with Gasteiger partial charge in [-0.3, -0.25) is 14.5 Å². The summed E-state index contributed by atoms with van der Waals surface area (Å²) >= 11 is 1.39. The van der Waals surface area contributed by atoms with Crippen molar-refractivity contribution in [3.05, 3.63) is 35.4 Å². The molecule has 2 atom stereocenters. The van der Waals surface area contributed by atoms with E-state index in [2.05, 4.69) is 15.3 Å². The molecule has 2 amide bonds. The maximum absolute atomic E-state index is 12.4. The fourth-order valence-electron chi connectivity index (χ4n) is 2.69. The zero-order valence-corrected chi connectivity index (χ0v) is 14.2. The summed E-state index contributed by atoms with van der Waals surface area (Å²) in [6.07, 6.45) is 1.38. The smallest absolute Gasteiger partial charge is 0.352 e. The number of β-lactam (4-membered cyclic amide) rings is 1. The molecule has 0 unspecified atom stereocenters. The maximum atomic E-state index is 12.4. The van der Waals surface area contributed by atoms with Crippen LogP contribution in [-0.4, -0.2) is 57.8 Å². The molecule has 9 nitrogen and oxygen atoms in total. The Morgan fingerprint density at radius 3 is 2.88 bits per heavy atom. The van der Waals surface area contributed by atoms with E-state index < -0.39 is 29.2 Å². The summed E-state index contributed by atoms with van der Waals surface area (Å²) in [6, 6.07) is 2.29. The Labute approximate surface area is 146 Å². The molecular weight excluding hydrogens is 350 g/mol. The van der Waals surface area contributed by atoms with E-state index in [9.17, 15) is 19.5 Å². The summed E-state index contributed by atoms with van der Waals surface area (Å²) < 4.78 is 5.14. The lowest BCUT2D eigenvalue weighted by Crippen LogP contribution is -2.71. The van der Waals surface area contributed by atoms with Crippen molar-refractivity contribution in [1.82, 2.24) is 10.2 Å². The van der Waals surface area contributed by atoms with Crippen molar-refractivity contribution in [2.45, 2.75) is 18.3 Å². The maximum Gasteiger partial charge on any atom is 0.352 e. The number of aliphatic carboxylic acids is 1. The average molecular weight is 365 g/mol. The van der Waals surface area contributed by atoms with Crippen LogP contribution in [0.15, 0.2) is 39.2 Å². The molecule has 3 heterocycles. The van der Waals surface area contributed by atoms with Crippen molar-refractivity contribution in [3.8, 4) is 0 Å². The molecule has 1 aromatic heterocycles. The summed E-state index contributed by atoms with van der Waals surface area (Å²) in [5.41, 5.74) is 0.491. The number of fused-ring (bicyclic) bond motifs is 1. The fraction of sp³-hybridized carbons (Fsp3) is 0.333. The molecular formula is C15H15N3O6S. The van der Waals surface area contributed by atoms with Crippen LogP contribution < -0.4 is 5.32 Å². The van der Waals surface area contributed by atoms with Gasteiger partial charge in [0, 0.05) is 5.75 Å². The van der Waals surface area contributed by atoms with Gasteiger partial charge >= 0.3 is 5.97 Å². The van der Waals surface area contributed by atoms with Crippen LogP contribution in [0.1, 0.15) is 12.7 Å². The van der Waals surface area contributed by atoms with Crippen LogP contribution in [0.25, 0.3) is 0 Å². The third-order valence-corrected chi connectivity index (χ3v) is 5.22. The second-order valence-electron chi connectivity index (χ2n) is 5.39. The highest BCUT2D eigenvalue weighted by Gasteiger charge is 2.54. The highest BCUT2D eigenvalue weighted by atomic mass is 32.2. The van der Waals surface area contributed by atoms with Gasteiger partial charge in [-0.2, -0.15) is 0 Å². The number of furan rings is 1. The molecule has 0 radical (unpaired) electrons. The number of carbonyl (C=O) groups is 3. The number of thioether (sulfide) groups is 1. The fourth-order valence-corrected chi connectivity index (χ4v) is 3.98. The lowest BCUT2D eigenvalue weighted by molar-refractivity contribution is -0.150. The standard InChI is InChI=1S/C15H15N3O6S/c1-7-6-25-14-10(13(20)18(14)11(7)15(21)22)16-12(19)9(17-23-2)8-4-3-5-24-8/h3-5,10,14H,6H2,1-2H3,(H,16,19)(H,21,22)/b17-9+/t10-,14-/m1/s1. The molecule has 0 bridgehead atoms. The molecule has 1 aromatic rings. The van der Waals surface area contributed by atoms with Gasteiger partial charge in [0.05, 0.1) is 6.26 Å². The van der Waals surface area contributed by atoms with Crippen LogP contribution >= 0.6 is 11.8 Å². The third-order valence-electron chi connectivity index (χ3n) is 3.80. The Morgan fingerprint density at radius 2 is 2.28 bits per heavy atom. The summed E-state index contributed by atoms with van der Waals surface area (Å²) in [5.74, 6) is -1.60. The second-order valence-corrected chi connectivity index (χ2v) is 6.50. The van der Waals surface area contributed by atoms with E-state index in [0.29, 0.717) is 11.3 Å². The highest BCUT2D eigenvalue weighted by Crippen LogP contribution is 2.40. The molecule has 25 heavy (non-hydrogen) atoms. The van der Waals surface area contributed by atoms with Gasteiger partial charge in [0.1, 0.15) is 24.2 Å². The van der Waals surface area contributed by atoms with Gasteiger partial charge in [-0.1, -0.05) is 5.16 Å². The van der Waals surface area contributed by atoms with Crippen LogP contribution in [0, 0.1) is 0 Å². The predicted molar refractivity (Wildman–Crippen MR) is 87.6 cm³/mol. The van der Waals surface area contributed by atoms with Crippen LogP contribution in [0.4, 0.5) is 0 Å². The van der Waals surface area contributed by atoms with Crippen molar-refractivity contribution < 1.29 is 28.7 Å². The molecule has 0 saturated carbocycles. The van der Waals surface area contributed by atoms with Crippen LogP contribution in [-0.2, 0) is 19.2 Å². The summed E-state index contributed by atoms with van der Waals surface area (Å²) in [7, 11) is 1.29. The molecule has 10 heteroatoms. The molecule has 2 aliphatic heterocycles. The van der Waals surface area contributed by atoms with Crippen LogP contribution in [0.3, 0.4) is 0 Å². The van der Waals surface area contributed by atoms with Crippen molar-refractivity contribution in [2.24, 2.45) is 5.16 Å². The molecule has 2 N–H and O–H groups in total. The number of carboxylic acids is 1. The predicted octanol–water partition coefficient (Wildman–Crippen LogP) is 0.389. The van der Waals surface area contributed by atoms with Crippen molar-refractivity contribution >= 4 is 35.3 Å². The lowest BCUT2D eigenvalue weighted by Gasteiger charge is -2.49. The second kappa shape index (κ2) is 6.63. The molecule has 0 spiro atoms. The van der Waals surface area contributed by atoms with Gasteiger partial charge in [0.15, 0.2) is 5.76 Å². The van der Waals surface area contributed by atoms with Crippen molar-refractivity contribution in [1.29, 1.82) is 0 Å². The summed E-state index contributed by atoms with van der Waals surface area (Å²) in [5, 5.41) is 15.1. The minimum absolute atomic E-state index is 0.0175. The Bertz CT molecular complexity index is 785. The Hall–Kier alpha value is -2.75. The monoisotopic (exact) mass is 365 g/mol. The van der Waals surface area contributed by atoms with E-state index in [1.807, 2.05) is 0 Å². The zero-order valence-electron chi connectivity index (χ0n) is 13.4.